The maximum atomic E-state index is 12.1. The molecule has 5 heteroatoms. The van der Waals surface area contributed by atoms with Crippen LogP contribution in [0.25, 0.3) is 0 Å². The normalized spacial score (nSPS) is 20.9. The summed E-state index contributed by atoms with van der Waals surface area (Å²) >= 11 is 5.72. The Kier molecular flexibility index (Phi) is 3.39. The third-order valence-corrected chi connectivity index (χ3v) is 3.07. The van der Waals surface area contributed by atoms with E-state index in [4.69, 9.17) is 11.6 Å². The Morgan fingerprint density at radius 2 is 2.31 bits per heavy atom. The predicted molar refractivity (Wildman–Crippen MR) is 61.4 cm³/mol. The van der Waals surface area contributed by atoms with Crippen molar-refractivity contribution in [2.24, 2.45) is 0 Å². The number of hydrogen-bond donors (Lipinski definition) is 0. The number of hydrogen-bond acceptors (Lipinski definition) is 3. The van der Waals surface area contributed by atoms with Crippen molar-refractivity contribution in [2.45, 2.75) is 32.2 Å². The van der Waals surface area contributed by atoms with E-state index in [9.17, 15) is 4.79 Å². The average Bonchev–Trinajstić information content (AvgIpc) is 2.29. The Labute approximate surface area is 99.6 Å². The van der Waals surface area contributed by atoms with Gasteiger partial charge in [-0.05, 0) is 26.2 Å². The molecule has 4 nitrogen and oxygen atoms in total. The minimum atomic E-state index is -0.0674. The van der Waals surface area contributed by atoms with Crippen molar-refractivity contribution < 1.29 is 4.79 Å². The number of carbonyl (C=O) groups is 1. The second kappa shape index (κ2) is 4.78. The fourth-order valence-corrected chi connectivity index (χ4v) is 2.14. The van der Waals surface area contributed by atoms with Crippen molar-refractivity contribution in [3.63, 3.8) is 0 Å². The molecule has 1 atom stereocenters. The first-order valence-electron chi connectivity index (χ1n) is 5.47. The van der Waals surface area contributed by atoms with Gasteiger partial charge in [-0.1, -0.05) is 11.6 Å². The lowest BCUT2D eigenvalue weighted by molar-refractivity contribution is 0.0629. The van der Waals surface area contributed by atoms with Gasteiger partial charge in [0.2, 0.25) is 0 Å². The molecule has 1 aromatic rings. The quantitative estimate of drug-likeness (QED) is 0.754. The molecule has 1 aliphatic rings. The molecule has 1 aromatic heterocycles. The van der Waals surface area contributed by atoms with Crippen molar-refractivity contribution >= 4 is 17.5 Å². The van der Waals surface area contributed by atoms with Gasteiger partial charge >= 0.3 is 0 Å². The molecule has 0 aromatic carbocycles. The maximum Gasteiger partial charge on any atom is 0.274 e. The molecule has 0 N–H and O–H groups in total. The van der Waals surface area contributed by atoms with Crippen LogP contribution in [0.4, 0.5) is 0 Å². The Hall–Kier alpha value is -1.16. The van der Waals surface area contributed by atoms with Crippen molar-refractivity contribution in [1.82, 2.24) is 14.9 Å². The van der Waals surface area contributed by atoms with Gasteiger partial charge in [-0.3, -0.25) is 9.78 Å². The zero-order valence-corrected chi connectivity index (χ0v) is 9.94. The van der Waals surface area contributed by atoms with Crippen LogP contribution in [0.2, 0.25) is 5.15 Å². The van der Waals surface area contributed by atoms with Gasteiger partial charge in [0.15, 0.2) is 0 Å². The second-order valence-corrected chi connectivity index (χ2v) is 4.46. The third-order valence-electron chi connectivity index (χ3n) is 2.89. The second-order valence-electron chi connectivity index (χ2n) is 4.07. The van der Waals surface area contributed by atoms with Crippen LogP contribution in [0.1, 0.15) is 36.7 Å². The number of amides is 1. The van der Waals surface area contributed by atoms with Gasteiger partial charge in [-0.25, -0.2) is 4.98 Å². The number of nitrogens with zero attached hydrogens (tertiary/aromatic N) is 3. The first-order chi connectivity index (χ1) is 7.68. The van der Waals surface area contributed by atoms with Crippen LogP contribution in [-0.2, 0) is 0 Å². The standard InChI is InChI=1S/C11H14ClN3O/c1-8-4-2-3-5-15(8)11(16)9-6-13-7-10(12)14-9/h6-8H,2-5H2,1H3. The van der Waals surface area contributed by atoms with E-state index in [1.165, 1.54) is 18.8 Å². The van der Waals surface area contributed by atoms with E-state index in [-0.39, 0.29) is 17.1 Å². The van der Waals surface area contributed by atoms with Gasteiger partial charge in [0, 0.05) is 12.6 Å². The summed E-state index contributed by atoms with van der Waals surface area (Å²) in [5.41, 5.74) is 0.334. The molecule has 1 fully saturated rings. The monoisotopic (exact) mass is 239 g/mol. The average molecular weight is 240 g/mol. The molecule has 86 valence electrons. The van der Waals surface area contributed by atoms with Crippen LogP contribution in [0.3, 0.4) is 0 Å². The fourth-order valence-electron chi connectivity index (χ4n) is 1.99. The van der Waals surface area contributed by atoms with Gasteiger partial charge in [-0.15, -0.1) is 0 Å². The number of rotatable bonds is 1. The number of aromatic nitrogens is 2. The Morgan fingerprint density at radius 1 is 1.50 bits per heavy atom. The highest BCUT2D eigenvalue weighted by atomic mass is 35.5. The van der Waals surface area contributed by atoms with Crippen LogP contribution < -0.4 is 0 Å². The zero-order valence-electron chi connectivity index (χ0n) is 9.19. The van der Waals surface area contributed by atoms with E-state index in [1.807, 2.05) is 4.90 Å². The van der Waals surface area contributed by atoms with Crippen molar-refractivity contribution in [1.29, 1.82) is 0 Å². The van der Waals surface area contributed by atoms with E-state index >= 15 is 0 Å². The molecular formula is C11H14ClN3O. The summed E-state index contributed by atoms with van der Waals surface area (Å²) in [5, 5.41) is 0.260. The van der Waals surface area contributed by atoms with Gasteiger partial charge in [0.1, 0.15) is 10.8 Å². The molecule has 1 aliphatic heterocycles. The summed E-state index contributed by atoms with van der Waals surface area (Å²) in [7, 11) is 0. The van der Waals surface area contributed by atoms with Crippen molar-refractivity contribution in [3.05, 3.63) is 23.2 Å². The summed E-state index contributed by atoms with van der Waals surface area (Å²) in [4.78, 5) is 21.9. The lowest BCUT2D eigenvalue weighted by Gasteiger charge is -2.33. The molecule has 0 spiro atoms. The van der Waals surface area contributed by atoms with Gasteiger partial charge in [0.05, 0.1) is 12.4 Å². The maximum absolute atomic E-state index is 12.1. The first-order valence-corrected chi connectivity index (χ1v) is 5.85. The first kappa shape index (κ1) is 11.3. The highest BCUT2D eigenvalue weighted by Gasteiger charge is 2.25. The Morgan fingerprint density at radius 3 is 3.00 bits per heavy atom. The predicted octanol–water partition coefficient (Wildman–Crippen LogP) is 2.14. The SMILES string of the molecule is CC1CCCCN1C(=O)c1cncc(Cl)n1. The van der Waals surface area contributed by atoms with Gasteiger partial charge < -0.3 is 4.90 Å². The smallest absolute Gasteiger partial charge is 0.274 e. The number of halogens is 1. The van der Waals surface area contributed by atoms with Crippen LogP contribution in [0.5, 0.6) is 0 Å². The summed E-state index contributed by atoms with van der Waals surface area (Å²) < 4.78 is 0. The molecule has 0 aliphatic carbocycles. The molecule has 1 amide bonds. The van der Waals surface area contributed by atoms with E-state index in [0.29, 0.717) is 5.69 Å². The van der Waals surface area contributed by atoms with Crippen LogP contribution in [0.15, 0.2) is 12.4 Å². The van der Waals surface area contributed by atoms with E-state index in [1.54, 1.807) is 0 Å². The molecule has 0 bridgehead atoms. The molecule has 2 rings (SSSR count). The van der Waals surface area contributed by atoms with Crippen molar-refractivity contribution in [3.8, 4) is 0 Å². The zero-order chi connectivity index (χ0) is 11.5. The molecule has 0 saturated carbocycles. The summed E-state index contributed by atoms with van der Waals surface area (Å²) in [6, 6.07) is 0.280. The molecule has 0 radical (unpaired) electrons. The number of piperidine rings is 1. The van der Waals surface area contributed by atoms with E-state index < -0.39 is 0 Å². The minimum absolute atomic E-state index is 0.0674. The lowest BCUT2D eigenvalue weighted by atomic mass is 10.0. The van der Waals surface area contributed by atoms with Crippen molar-refractivity contribution in [2.75, 3.05) is 6.54 Å². The van der Waals surface area contributed by atoms with Crippen LogP contribution in [-0.4, -0.2) is 33.4 Å². The largest absolute Gasteiger partial charge is 0.335 e. The molecular weight excluding hydrogens is 226 g/mol. The molecule has 2 heterocycles. The summed E-state index contributed by atoms with van der Waals surface area (Å²) in [6.45, 7) is 2.86. The Balaban J connectivity index is 2.17. The number of likely N-dealkylation sites (tertiary alicyclic amines) is 1. The van der Waals surface area contributed by atoms with E-state index in [0.717, 1.165) is 19.4 Å². The van der Waals surface area contributed by atoms with Crippen LogP contribution >= 0.6 is 11.6 Å². The van der Waals surface area contributed by atoms with Crippen LogP contribution in [0, 0.1) is 0 Å². The lowest BCUT2D eigenvalue weighted by Crippen LogP contribution is -2.42. The van der Waals surface area contributed by atoms with Gasteiger partial charge in [0.25, 0.3) is 5.91 Å². The summed E-state index contributed by atoms with van der Waals surface area (Å²) in [5.74, 6) is -0.0674. The van der Waals surface area contributed by atoms with E-state index in [2.05, 4.69) is 16.9 Å². The molecule has 1 unspecified atom stereocenters. The molecule has 16 heavy (non-hydrogen) atoms. The summed E-state index contributed by atoms with van der Waals surface area (Å²) in [6.07, 6.45) is 6.20. The third kappa shape index (κ3) is 2.32. The Bertz CT molecular complexity index is 397. The minimum Gasteiger partial charge on any atom is -0.335 e. The van der Waals surface area contributed by atoms with Gasteiger partial charge in [-0.2, -0.15) is 0 Å². The topological polar surface area (TPSA) is 46.1 Å². The highest BCUT2D eigenvalue weighted by Crippen LogP contribution is 2.18. The molecule has 1 saturated heterocycles. The highest BCUT2D eigenvalue weighted by molar-refractivity contribution is 6.29. The fraction of sp³-hybridized carbons (Fsp3) is 0.545. The number of carbonyl (C=O) groups excluding carboxylic acids is 1.